The molecule has 1 aromatic rings. The van der Waals surface area contributed by atoms with E-state index < -0.39 is 37.1 Å². The van der Waals surface area contributed by atoms with Gasteiger partial charge in [0.1, 0.15) is 12.4 Å². The van der Waals surface area contributed by atoms with Crippen molar-refractivity contribution in [3.63, 3.8) is 0 Å². The van der Waals surface area contributed by atoms with E-state index in [1.54, 1.807) is 0 Å². The molecule has 0 aliphatic carbocycles. The van der Waals surface area contributed by atoms with Crippen LogP contribution in [0.15, 0.2) is 18.2 Å². The minimum absolute atomic E-state index is 0.124. The molecule has 0 heterocycles. The number of alkyl halides is 7. The first-order valence-electron chi connectivity index (χ1n) is 5.23. The van der Waals surface area contributed by atoms with E-state index in [0.717, 1.165) is 12.1 Å². The van der Waals surface area contributed by atoms with Gasteiger partial charge in [0.15, 0.2) is 0 Å². The largest absolute Gasteiger partial charge is 0.522 e. The molecule has 1 rings (SSSR count). The fraction of sp³-hybridized carbons (Fsp3) is 0.455. The second-order valence-electron chi connectivity index (χ2n) is 3.60. The van der Waals surface area contributed by atoms with Gasteiger partial charge in [0.2, 0.25) is 0 Å². The summed E-state index contributed by atoms with van der Waals surface area (Å²) in [5, 5.41) is 0. The standard InChI is InChI=1S/C11H9ClF6O2/c12-6-7-1-2-9(8(5-7)10(13,14)15)19-3-4-20-11(16,17)18/h1-2,5H,3-4,6H2. The topological polar surface area (TPSA) is 18.5 Å². The smallest absolute Gasteiger partial charge is 0.491 e. The molecule has 0 spiro atoms. The Bertz CT molecular complexity index is 444. The number of ether oxygens (including phenoxy) is 2. The van der Waals surface area contributed by atoms with Crippen LogP contribution in [-0.4, -0.2) is 19.6 Å². The lowest BCUT2D eigenvalue weighted by molar-refractivity contribution is -0.325. The molecule has 0 aromatic heterocycles. The van der Waals surface area contributed by atoms with Crippen molar-refractivity contribution in [2.45, 2.75) is 18.4 Å². The zero-order valence-corrected chi connectivity index (χ0v) is 10.6. The van der Waals surface area contributed by atoms with Crippen molar-refractivity contribution in [2.75, 3.05) is 13.2 Å². The van der Waals surface area contributed by atoms with Crippen LogP contribution in [-0.2, 0) is 16.8 Å². The van der Waals surface area contributed by atoms with Gasteiger partial charge in [0.25, 0.3) is 0 Å². The van der Waals surface area contributed by atoms with Crippen molar-refractivity contribution in [3.05, 3.63) is 29.3 Å². The Morgan fingerprint density at radius 2 is 1.65 bits per heavy atom. The molecule has 0 unspecified atom stereocenters. The molecule has 20 heavy (non-hydrogen) atoms. The van der Waals surface area contributed by atoms with E-state index in [1.165, 1.54) is 6.07 Å². The quantitative estimate of drug-likeness (QED) is 0.455. The first-order valence-corrected chi connectivity index (χ1v) is 5.76. The van der Waals surface area contributed by atoms with E-state index in [0.29, 0.717) is 0 Å². The van der Waals surface area contributed by atoms with E-state index in [2.05, 4.69) is 9.47 Å². The molecule has 0 atom stereocenters. The molecule has 9 heteroatoms. The Balaban J connectivity index is 2.74. The Morgan fingerprint density at radius 3 is 2.15 bits per heavy atom. The summed E-state index contributed by atoms with van der Waals surface area (Å²) >= 11 is 5.43. The van der Waals surface area contributed by atoms with Crippen LogP contribution in [0.3, 0.4) is 0 Å². The van der Waals surface area contributed by atoms with Gasteiger partial charge >= 0.3 is 12.5 Å². The Hall–Kier alpha value is -1.15. The summed E-state index contributed by atoms with van der Waals surface area (Å²) in [7, 11) is 0. The van der Waals surface area contributed by atoms with Crippen LogP contribution in [0.4, 0.5) is 26.3 Å². The van der Waals surface area contributed by atoms with E-state index in [-0.39, 0.29) is 11.4 Å². The molecular weight excluding hydrogens is 314 g/mol. The predicted octanol–water partition coefficient (Wildman–Crippen LogP) is 4.36. The lowest BCUT2D eigenvalue weighted by atomic mass is 10.1. The van der Waals surface area contributed by atoms with Crippen molar-refractivity contribution in [1.29, 1.82) is 0 Å². The third-order valence-corrected chi connectivity index (χ3v) is 2.42. The first-order chi connectivity index (χ1) is 9.13. The van der Waals surface area contributed by atoms with Crippen molar-refractivity contribution in [3.8, 4) is 5.75 Å². The van der Waals surface area contributed by atoms with Gasteiger partial charge in [0, 0.05) is 5.88 Å². The summed E-state index contributed by atoms with van der Waals surface area (Å²) < 4.78 is 81.3. The SMILES string of the molecule is FC(F)(F)OCCOc1ccc(CCl)cc1C(F)(F)F. The number of benzene rings is 1. The second-order valence-corrected chi connectivity index (χ2v) is 3.87. The molecule has 0 saturated carbocycles. The monoisotopic (exact) mass is 322 g/mol. The Morgan fingerprint density at radius 1 is 1.00 bits per heavy atom. The van der Waals surface area contributed by atoms with Crippen molar-refractivity contribution >= 4 is 11.6 Å². The summed E-state index contributed by atoms with van der Waals surface area (Å²) in [6, 6.07) is 3.09. The third kappa shape index (κ3) is 5.46. The predicted molar refractivity (Wildman–Crippen MR) is 58.5 cm³/mol. The minimum atomic E-state index is -4.85. The van der Waals surface area contributed by atoms with Gasteiger partial charge in [-0.05, 0) is 17.7 Å². The van der Waals surface area contributed by atoms with E-state index in [9.17, 15) is 26.3 Å². The van der Waals surface area contributed by atoms with E-state index >= 15 is 0 Å². The van der Waals surface area contributed by atoms with Crippen LogP contribution in [0.2, 0.25) is 0 Å². The van der Waals surface area contributed by atoms with Gasteiger partial charge in [-0.15, -0.1) is 24.8 Å². The maximum Gasteiger partial charge on any atom is 0.522 e. The summed E-state index contributed by atoms with van der Waals surface area (Å²) in [4.78, 5) is 0. The number of halogens is 7. The van der Waals surface area contributed by atoms with Crippen LogP contribution in [0, 0.1) is 0 Å². The maximum atomic E-state index is 12.7. The fourth-order valence-corrected chi connectivity index (χ4v) is 1.48. The zero-order valence-electron chi connectivity index (χ0n) is 9.82. The molecule has 0 aliphatic heterocycles. The van der Waals surface area contributed by atoms with E-state index in [1.807, 2.05) is 0 Å². The van der Waals surface area contributed by atoms with Gasteiger partial charge in [0.05, 0.1) is 12.2 Å². The molecule has 2 nitrogen and oxygen atoms in total. The molecule has 0 bridgehead atoms. The molecule has 114 valence electrons. The molecule has 0 aliphatic rings. The Labute approximate surface area is 115 Å². The van der Waals surface area contributed by atoms with Crippen molar-refractivity contribution in [2.24, 2.45) is 0 Å². The normalized spacial score (nSPS) is 12.6. The summed E-state index contributed by atoms with van der Waals surface area (Å²) in [5.41, 5.74) is -0.874. The fourth-order valence-electron chi connectivity index (χ4n) is 1.32. The molecule has 1 aromatic carbocycles. The van der Waals surface area contributed by atoms with E-state index in [4.69, 9.17) is 11.6 Å². The highest BCUT2D eigenvalue weighted by Gasteiger charge is 2.35. The van der Waals surface area contributed by atoms with Crippen LogP contribution >= 0.6 is 11.6 Å². The first kappa shape index (κ1) is 16.9. The molecular formula is C11H9ClF6O2. The summed E-state index contributed by atoms with van der Waals surface area (Å²) in [6.07, 6.45) is -9.54. The lowest BCUT2D eigenvalue weighted by Crippen LogP contribution is -2.19. The maximum absolute atomic E-state index is 12.7. The molecule has 0 fully saturated rings. The highest BCUT2D eigenvalue weighted by atomic mass is 35.5. The number of rotatable bonds is 5. The summed E-state index contributed by atoms with van der Waals surface area (Å²) in [5.74, 6) is -0.697. The summed E-state index contributed by atoms with van der Waals surface area (Å²) in [6.45, 7) is -1.57. The Kier molecular flexibility index (Phi) is 5.52. The lowest BCUT2D eigenvalue weighted by Gasteiger charge is -2.15. The second kappa shape index (κ2) is 6.53. The van der Waals surface area contributed by atoms with Crippen LogP contribution in [0.25, 0.3) is 0 Å². The van der Waals surface area contributed by atoms with Crippen molar-refractivity contribution < 1.29 is 35.8 Å². The average Bonchev–Trinajstić information content (AvgIpc) is 2.32. The highest BCUT2D eigenvalue weighted by molar-refractivity contribution is 6.17. The average molecular weight is 323 g/mol. The van der Waals surface area contributed by atoms with Crippen LogP contribution in [0.1, 0.15) is 11.1 Å². The van der Waals surface area contributed by atoms with Gasteiger partial charge < -0.3 is 4.74 Å². The van der Waals surface area contributed by atoms with Gasteiger partial charge in [-0.25, -0.2) is 0 Å². The zero-order chi connectivity index (χ0) is 15.4. The van der Waals surface area contributed by atoms with Gasteiger partial charge in [-0.3, -0.25) is 4.74 Å². The highest BCUT2D eigenvalue weighted by Crippen LogP contribution is 2.37. The minimum Gasteiger partial charge on any atom is -0.491 e. The van der Waals surface area contributed by atoms with Gasteiger partial charge in [-0.2, -0.15) is 13.2 Å². The molecule has 0 radical (unpaired) electrons. The van der Waals surface area contributed by atoms with Crippen molar-refractivity contribution in [1.82, 2.24) is 0 Å². The molecule has 0 amide bonds. The van der Waals surface area contributed by atoms with Gasteiger partial charge in [-0.1, -0.05) is 6.07 Å². The molecule has 0 N–H and O–H groups in total. The van der Waals surface area contributed by atoms with Crippen LogP contribution < -0.4 is 4.74 Å². The number of hydrogen-bond acceptors (Lipinski definition) is 2. The number of hydrogen-bond donors (Lipinski definition) is 0. The molecule has 0 saturated heterocycles. The van der Waals surface area contributed by atoms with Crippen LogP contribution in [0.5, 0.6) is 5.75 Å². The third-order valence-electron chi connectivity index (χ3n) is 2.11.